The molecule has 148 valence electrons. The van der Waals surface area contributed by atoms with Crippen molar-refractivity contribution in [2.45, 2.75) is 19.3 Å². The Morgan fingerprint density at radius 1 is 1.21 bits per heavy atom. The predicted molar refractivity (Wildman–Crippen MR) is 115 cm³/mol. The van der Waals surface area contributed by atoms with Crippen LogP contribution in [0.15, 0.2) is 42.5 Å². The van der Waals surface area contributed by atoms with Crippen molar-refractivity contribution in [2.75, 3.05) is 16.8 Å². The van der Waals surface area contributed by atoms with E-state index < -0.39 is 0 Å². The summed E-state index contributed by atoms with van der Waals surface area (Å²) in [7, 11) is 0. The van der Waals surface area contributed by atoms with Gasteiger partial charge in [-0.05, 0) is 42.8 Å². The summed E-state index contributed by atoms with van der Waals surface area (Å²) in [6, 6.07) is 12.2. The fourth-order valence-corrected chi connectivity index (χ4v) is 4.32. The lowest BCUT2D eigenvalue weighted by Gasteiger charge is -2.17. The molecule has 1 saturated heterocycles. The van der Waals surface area contributed by atoms with Gasteiger partial charge in [0.25, 0.3) is 5.91 Å². The number of nitrogens with zero attached hydrogens (tertiary/aromatic N) is 3. The van der Waals surface area contributed by atoms with E-state index in [1.807, 2.05) is 19.1 Å². The van der Waals surface area contributed by atoms with Crippen LogP contribution in [0.2, 0.25) is 10.0 Å². The Bertz CT molecular complexity index is 1100. The molecule has 1 atom stereocenters. The summed E-state index contributed by atoms with van der Waals surface area (Å²) < 4.78 is 0. The van der Waals surface area contributed by atoms with Crippen molar-refractivity contribution < 1.29 is 9.59 Å². The first kappa shape index (κ1) is 19.8. The molecule has 2 aromatic carbocycles. The monoisotopic (exact) mass is 446 g/mol. The Morgan fingerprint density at radius 2 is 2.03 bits per heavy atom. The molecule has 1 N–H and O–H groups in total. The quantitative estimate of drug-likeness (QED) is 0.616. The van der Waals surface area contributed by atoms with Crippen molar-refractivity contribution in [3.8, 4) is 0 Å². The number of anilines is 2. The van der Waals surface area contributed by atoms with Crippen LogP contribution >= 0.6 is 34.5 Å². The third-order valence-electron chi connectivity index (χ3n) is 4.69. The van der Waals surface area contributed by atoms with E-state index in [1.54, 1.807) is 35.2 Å². The second-order valence-electron chi connectivity index (χ2n) is 6.75. The molecule has 0 saturated carbocycles. The maximum absolute atomic E-state index is 12.5. The minimum Gasteiger partial charge on any atom is -0.312 e. The molecule has 9 heteroatoms. The molecule has 1 aliphatic heterocycles. The van der Waals surface area contributed by atoms with E-state index in [0.717, 1.165) is 11.3 Å². The minimum atomic E-state index is -0.311. The molecule has 6 nitrogen and oxygen atoms in total. The summed E-state index contributed by atoms with van der Waals surface area (Å²) in [5, 5.41) is 13.2. The Morgan fingerprint density at radius 3 is 2.79 bits per heavy atom. The number of amides is 2. The molecule has 4 rings (SSSR count). The molecule has 1 unspecified atom stereocenters. The molecule has 2 amide bonds. The van der Waals surface area contributed by atoms with Crippen molar-refractivity contribution in [3.63, 3.8) is 0 Å². The Hall–Kier alpha value is -2.48. The van der Waals surface area contributed by atoms with Gasteiger partial charge in [0.2, 0.25) is 11.0 Å². The summed E-state index contributed by atoms with van der Waals surface area (Å²) in [4.78, 5) is 26.6. The molecule has 0 spiro atoms. The lowest BCUT2D eigenvalue weighted by Crippen LogP contribution is -2.24. The van der Waals surface area contributed by atoms with Gasteiger partial charge in [-0.2, -0.15) is 0 Å². The van der Waals surface area contributed by atoms with E-state index in [0.29, 0.717) is 38.7 Å². The Balaban J connectivity index is 1.46. The number of nitrogens with one attached hydrogen (secondary N) is 1. The number of aromatic nitrogens is 2. The van der Waals surface area contributed by atoms with Crippen molar-refractivity contribution in [1.82, 2.24) is 10.2 Å². The van der Waals surface area contributed by atoms with Crippen LogP contribution in [0.3, 0.4) is 0 Å². The van der Waals surface area contributed by atoms with E-state index in [1.165, 1.54) is 11.3 Å². The molecule has 29 heavy (non-hydrogen) atoms. The molecule has 1 fully saturated rings. The average Bonchev–Trinajstić information content (AvgIpc) is 3.30. The van der Waals surface area contributed by atoms with E-state index in [-0.39, 0.29) is 17.7 Å². The number of halogens is 2. The lowest BCUT2D eigenvalue weighted by atomic mass is 10.1. The van der Waals surface area contributed by atoms with Crippen LogP contribution in [0.1, 0.15) is 33.3 Å². The van der Waals surface area contributed by atoms with Crippen molar-refractivity contribution in [1.29, 1.82) is 0 Å². The van der Waals surface area contributed by atoms with Crippen LogP contribution in [0.4, 0.5) is 10.8 Å². The number of rotatable bonds is 4. The van der Waals surface area contributed by atoms with Gasteiger partial charge in [0.05, 0.1) is 0 Å². The average molecular weight is 447 g/mol. The highest BCUT2D eigenvalue weighted by Crippen LogP contribution is 2.35. The minimum absolute atomic E-state index is 0.00892. The highest BCUT2D eigenvalue weighted by molar-refractivity contribution is 7.15. The van der Waals surface area contributed by atoms with Gasteiger partial charge in [-0.25, -0.2) is 0 Å². The standard InChI is InChI=1S/C20H16Cl2N4O2S/c1-11-5-6-15(9-16(11)22)26-10-13(8-17(26)27)19-24-25-20(29-19)23-18(28)12-3-2-4-14(21)7-12/h2-7,9,13H,8,10H2,1H3,(H,23,25,28). The van der Waals surface area contributed by atoms with Gasteiger partial charge >= 0.3 is 0 Å². The van der Waals surface area contributed by atoms with E-state index >= 15 is 0 Å². The van der Waals surface area contributed by atoms with Gasteiger partial charge in [0, 0.05) is 40.2 Å². The molecule has 1 aromatic heterocycles. The first-order chi connectivity index (χ1) is 13.9. The van der Waals surface area contributed by atoms with Crippen LogP contribution in [0, 0.1) is 6.92 Å². The van der Waals surface area contributed by atoms with Crippen molar-refractivity contribution in [3.05, 3.63) is 68.6 Å². The first-order valence-corrected chi connectivity index (χ1v) is 10.4. The van der Waals surface area contributed by atoms with Gasteiger partial charge in [-0.15, -0.1) is 10.2 Å². The second-order valence-corrected chi connectivity index (χ2v) is 8.60. The first-order valence-electron chi connectivity index (χ1n) is 8.87. The van der Waals surface area contributed by atoms with Crippen LogP contribution in [-0.4, -0.2) is 28.6 Å². The second kappa shape index (κ2) is 8.10. The normalized spacial score (nSPS) is 16.3. The third kappa shape index (κ3) is 4.27. The number of aryl methyl sites for hydroxylation is 1. The molecule has 3 aromatic rings. The summed E-state index contributed by atoms with van der Waals surface area (Å²) in [6.07, 6.45) is 0.336. The molecule has 0 radical (unpaired) electrons. The number of hydrogen-bond donors (Lipinski definition) is 1. The summed E-state index contributed by atoms with van der Waals surface area (Å²) in [5.41, 5.74) is 2.17. The van der Waals surface area contributed by atoms with E-state index in [9.17, 15) is 9.59 Å². The number of benzene rings is 2. The van der Waals surface area contributed by atoms with Gasteiger partial charge < -0.3 is 4.90 Å². The van der Waals surface area contributed by atoms with Crippen molar-refractivity contribution in [2.24, 2.45) is 0 Å². The number of carbonyl (C=O) groups excluding carboxylic acids is 2. The van der Waals surface area contributed by atoms with Gasteiger partial charge in [0.1, 0.15) is 5.01 Å². The van der Waals surface area contributed by atoms with Gasteiger partial charge in [-0.1, -0.05) is 46.7 Å². The highest BCUT2D eigenvalue weighted by Gasteiger charge is 2.34. The number of carbonyl (C=O) groups is 2. The molecule has 2 heterocycles. The number of hydrogen-bond acceptors (Lipinski definition) is 5. The van der Waals surface area contributed by atoms with E-state index in [2.05, 4.69) is 15.5 Å². The highest BCUT2D eigenvalue weighted by atomic mass is 35.5. The molecule has 1 aliphatic rings. The summed E-state index contributed by atoms with van der Waals surface area (Å²) in [6.45, 7) is 2.41. The molecular formula is C20H16Cl2N4O2S. The SMILES string of the molecule is Cc1ccc(N2CC(c3nnc(NC(=O)c4cccc(Cl)c4)s3)CC2=O)cc1Cl. The molecular weight excluding hydrogens is 431 g/mol. The van der Waals surface area contributed by atoms with Crippen LogP contribution in [-0.2, 0) is 4.79 Å². The maximum atomic E-state index is 12.5. The topological polar surface area (TPSA) is 75.2 Å². The summed E-state index contributed by atoms with van der Waals surface area (Å²) >= 11 is 13.4. The van der Waals surface area contributed by atoms with E-state index in [4.69, 9.17) is 23.2 Å². The third-order valence-corrected chi connectivity index (χ3v) is 6.33. The van der Waals surface area contributed by atoms with Crippen LogP contribution < -0.4 is 10.2 Å². The van der Waals surface area contributed by atoms with Gasteiger partial charge in [-0.3, -0.25) is 14.9 Å². The molecule has 0 bridgehead atoms. The summed E-state index contributed by atoms with van der Waals surface area (Å²) in [5.74, 6) is -0.389. The lowest BCUT2D eigenvalue weighted by molar-refractivity contribution is -0.117. The largest absolute Gasteiger partial charge is 0.312 e. The fourth-order valence-electron chi connectivity index (χ4n) is 3.12. The zero-order valence-corrected chi connectivity index (χ0v) is 17.7. The van der Waals surface area contributed by atoms with Gasteiger partial charge in [0.15, 0.2) is 0 Å². The van der Waals surface area contributed by atoms with Crippen LogP contribution in [0.25, 0.3) is 0 Å². The fraction of sp³-hybridized carbons (Fsp3) is 0.200. The Labute approximate surface area is 181 Å². The predicted octanol–water partition coefficient (Wildman–Crippen LogP) is 4.93. The zero-order chi connectivity index (χ0) is 20.5. The smallest absolute Gasteiger partial charge is 0.257 e. The Kier molecular flexibility index (Phi) is 5.54. The molecule has 0 aliphatic carbocycles. The van der Waals surface area contributed by atoms with Crippen LogP contribution in [0.5, 0.6) is 0 Å². The van der Waals surface area contributed by atoms with Crippen molar-refractivity contribution >= 4 is 57.2 Å². The maximum Gasteiger partial charge on any atom is 0.257 e. The zero-order valence-electron chi connectivity index (χ0n) is 15.4.